The number of ether oxygens (including phenoxy) is 1. The molecule has 11 heteroatoms. The van der Waals surface area contributed by atoms with Crippen LogP contribution >= 0.6 is 12.2 Å². The van der Waals surface area contributed by atoms with Gasteiger partial charge in [0.1, 0.15) is 17.4 Å². The molecule has 1 unspecified atom stereocenters. The molecular formula is C21H32N4O6S. The first kappa shape index (κ1) is 27.0. The molecule has 10 nitrogen and oxygen atoms in total. The number of carboxylic acid groups (broad SMARTS) is 1. The monoisotopic (exact) mass is 468 g/mol. The van der Waals surface area contributed by atoms with Crippen LogP contribution in [-0.2, 0) is 14.3 Å². The van der Waals surface area contributed by atoms with Crippen LogP contribution in [0.25, 0.3) is 0 Å². The molecule has 0 heterocycles. The van der Waals surface area contributed by atoms with E-state index in [0.717, 1.165) is 0 Å². The van der Waals surface area contributed by atoms with Gasteiger partial charge in [0, 0.05) is 24.8 Å². The molecule has 0 aliphatic heterocycles. The molecule has 0 spiro atoms. The van der Waals surface area contributed by atoms with Gasteiger partial charge in [-0.15, -0.1) is 0 Å². The lowest BCUT2D eigenvalue weighted by Gasteiger charge is -2.23. The highest BCUT2D eigenvalue weighted by Gasteiger charge is 2.24. The number of hydrogen-bond acceptors (Lipinski definition) is 6. The van der Waals surface area contributed by atoms with E-state index in [1.165, 1.54) is 12.1 Å². The van der Waals surface area contributed by atoms with E-state index in [0.29, 0.717) is 36.6 Å². The fourth-order valence-electron chi connectivity index (χ4n) is 2.55. The summed E-state index contributed by atoms with van der Waals surface area (Å²) in [7, 11) is 0. The molecular weight excluding hydrogens is 436 g/mol. The van der Waals surface area contributed by atoms with Crippen LogP contribution in [-0.4, -0.2) is 58.0 Å². The summed E-state index contributed by atoms with van der Waals surface area (Å²) in [4.78, 5) is 35.4. The van der Waals surface area contributed by atoms with E-state index in [1.54, 1.807) is 32.9 Å². The van der Waals surface area contributed by atoms with Crippen LogP contribution in [0, 0.1) is 0 Å². The van der Waals surface area contributed by atoms with Gasteiger partial charge in [-0.2, -0.15) is 0 Å². The van der Waals surface area contributed by atoms with Gasteiger partial charge in [0.05, 0.1) is 6.42 Å². The molecule has 0 aliphatic rings. The van der Waals surface area contributed by atoms with Crippen LogP contribution in [0.1, 0.15) is 46.5 Å². The molecule has 0 bridgehead atoms. The summed E-state index contributed by atoms with van der Waals surface area (Å²) in [6, 6.07) is 5.28. The van der Waals surface area contributed by atoms with Gasteiger partial charge >= 0.3 is 12.1 Å². The summed E-state index contributed by atoms with van der Waals surface area (Å²) in [6.45, 7) is 5.94. The van der Waals surface area contributed by atoms with Gasteiger partial charge < -0.3 is 36.2 Å². The predicted molar refractivity (Wildman–Crippen MR) is 125 cm³/mol. The number of carboxylic acids is 1. The lowest BCUT2D eigenvalue weighted by Crippen LogP contribution is -2.45. The summed E-state index contributed by atoms with van der Waals surface area (Å²) >= 11 is 5.07. The molecule has 0 radical (unpaired) electrons. The summed E-state index contributed by atoms with van der Waals surface area (Å²) in [6.07, 6.45) is 0.875. The minimum absolute atomic E-state index is 0.0125. The zero-order valence-corrected chi connectivity index (χ0v) is 19.4. The average Bonchev–Trinajstić information content (AvgIpc) is 2.65. The zero-order chi connectivity index (χ0) is 24.1. The van der Waals surface area contributed by atoms with E-state index in [-0.39, 0.29) is 18.7 Å². The van der Waals surface area contributed by atoms with Crippen molar-refractivity contribution in [1.29, 1.82) is 0 Å². The maximum atomic E-state index is 12.7. The first-order valence-corrected chi connectivity index (χ1v) is 10.7. The standard InChI is InChI=1S/C21H32N4O6S/c1-21(2,3)31-20(30)25-16(18(29)24-14-7-6-8-15(26)13-14)9-4-5-11-22-19(32)23-12-10-17(27)28/h6-8,13,16,26H,4-5,9-12H2,1-3H3,(H,24,29)(H,25,30)(H,27,28)(H2,22,23,32). The third kappa shape index (κ3) is 12.6. The molecule has 2 amide bonds. The van der Waals surface area contributed by atoms with Crippen LogP contribution in [0.4, 0.5) is 10.5 Å². The molecule has 0 fully saturated rings. The number of anilines is 1. The Labute approximate surface area is 193 Å². The van der Waals surface area contributed by atoms with Crippen molar-refractivity contribution in [3.8, 4) is 5.75 Å². The molecule has 1 atom stereocenters. The smallest absolute Gasteiger partial charge is 0.408 e. The second-order valence-electron chi connectivity index (χ2n) is 8.06. The highest BCUT2D eigenvalue weighted by Crippen LogP contribution is 2.16. The minimum atomic E-state index is -0.909. The van der Waals surface area contributed by atoms with Crippen LogP contribution in [0.5, 0.6) is 5.75 Å². The largest absolute Gasteiger partial charge is 0.508 e. The molecule has 0 aliphatic carbocycles. The number of aromatic hydroxyl groups is 1. The topological polar surface area (TPSA) is 149 Å². The van der Waals surface area contributed by atoms with Crippen LogP contribution in [0.2, 0.25) is 0 Å². The number of rotatable bonds is 11. The first-order chi connectivity index (χ1) is 15.0. The quantitative estimate of drug-likeness (QED) is 0.212. The molecule has 1 rings (SSSR count). The van der Waals surface area contributed by atoms with Crippen molar-refractivity contribution < 1.29 is 29.3 Å². The summed E-state index contributed by atoms with van der Waals surface area (Å²) < 4.78 is 5.25. The molecule has 1 aromatic carbocycles. The second-order valence-corrected chi connectivity index (χ2v) is 8.47. The Morgan fingerprint density at radius 2 is 1.81 bits per heavy atom. The highest BCUT2D eigenvalue weighted by molar-refractivity contribution is 7.80. The van der Waals surface area contributed by atoms with Gasteiger partial charge in [0.15, 0.2) is 5.11 Å². The summed E-state index contributed by atoms with van der Waals surface area (Å²) in [5, 5.41) is 29.6. The third-order valence-electron chi connectivity index (χ3n) is 3.95. The Morgan fingerprint density at radius 1 is 1.12 bits per heavy atom. The maximum Gasteiger partial charge on any atom is 0.408 e. The normalized spacial score (nSPS) is 11.7. The van der Waals surface area contributed by atoms with E-state index in [2.05, 4.69) is 21.3 Å². The number of phenolic OH excluding ortho intramolecular Hbond substituents is 1. The highest BCUT2D eigenvalue weighted by atomic mass is 32.1. The van der Waals surface area contributed by atoms with Gasteiger partial charge in [-0.1, -0.05) is 6.07 Å². The lowest BCUT2D eigenvalue weighted by molar-refractivity contribution is -0.136. The summed E-state index contributed by atoms with van der Waals surface area (Å²) in [5.41, 5.74) is -0.297. The van der Waals surface area contributed by atoms with Crippen LogP contribution in [0.15, 0.2) is 24.3 Å². The number of carbonyl (C=O) groups excluding carboxylic acids is 2. The van der Waals surface area contributed by atoms with Gasteiger partial charge in [0.25, 0.3) is 0 Å². The van der Waals surface area contributed by atoms with Crippen molar-refractivity contribution in [2.75, 3.05) is 18.4 Å². The number of hydrogen-bond donors (Lipinski definition) is 6. The number of benzene rings is 1. The fraction of sp³-hybridized carbons (Fsp3) is 0.524. The number of alkyl carbamates (subject to hydrolysis) is 1. The number of thiocarbonyl (C=S) groups is 1. The number of carbonyl (C=O) groups is 3. The Bertz CT molecular complexity index is 797. The summed E-state index contributed by atoms with van der Waals surface area (Å²) in [5.74, 6) is -1.33. The second kappa shape index (κ2) is 13.4. The van der Waals surface area contributed by atoms with E-state index in [9.17, 15) is 19.5 Å². The van der Waals surface area contributed by atoms with Crippen molar-refractivity contribution in [3.63, 3.8) is 0 Å². The van der Waals surface area contributed by atoms with E-state index >= 15 is 0 Å². The number of nitrogens with one attached hydrogen (secondary N) is 4. The number of aliphatic carboxylic acids is 1. The Kier molecular flexibility index (Phi) is 11.3. The number of unbranched alkanes of at least 4 members (excludes halogenated alkanes) is 1. The molecule has 178 valence electrons. The average molecular weight is 469 g/mol. The molecule has 32 heavy (non-hydrogen) atoms. The molecule has 0 saturated heterocycles. The predicted octanol–water partition coefficient (Wildman–Crippen LogP) is 2.33. The van der Waals surface area contributed by atoms with Crippen molar-refractivity contribution >= 4 is 41.0 Å². The Hall–Kier alpha value is -3.08. The molecule has 1 aromatic rings. The van der Waals surface area contributed by atoms with Crippen LogP contribution in [0.3, 0.4) is 0 Å². The van der Waals surface area contributed by atoms with E-state index < -0.39 is 29.6 Å². The van der Waals surface area contributed by atoms with Gasteiger partial charge in [0.2, 0.25) is 5.91 Å². The zero-order valence-electron chi connectivity index (χ0n) is 18.6. The first-order valence-electron chi connectivity index (χ1n) is 10.3. The Morgan fingerprint density at radius 3 is 2.44 bits per heavy atom. The third-order valence-corrected chi connectivity index (χ3v) is 4.24. The van der Waals surface area contributed by atoms with Gasteiger partial charge in [-0.3, -0.25) is 9.59 Å². The number of amides is 2. The van der Waals surface area contributed by atoms with Gasteiger partial charge in [-0.05, 0) is 64.4 Å². The van der Waals surface area contributed by atoms with Crippen molar-refractivity contribution in [2.45, 2.75) is 58.1 Å². The SMILES string of the molecule is CC(C)(C)OC(=O)NC(CCCCNC(=S)NCCC(=O)O)C(=O)Nc1cccc(O)c1. The van der Waals surface area contributed by atoms with Crippen molar-refractivity contribution in [1.82, 2.24) is 16.0 Å². The van der Waals surface area contributed by atoms with E-state index in [4.69, 9.17) is 22.1 Å². The molecule has 0 saturated carbocycles. The molecule has 0 aromatic heterocycles. The van der Waals surface area contributed by atoms with E-state index in [1.807, 2.05) is 0 Å². The number of phenols is 1. The lowest BCUT2D eigenvalue weighted by atomic mass is 10.1. The van der Waals surface area contributed by atoms with Gasteiger partial charge in [-0.25, -0.2) is 4.79 Å². The maximum absolute atomic E-state index is 12.7. The van der Waals surface area contributed by atoms with Crippen molar-refractivity contribution in [3.05, 3.63) is 24.3 Å². The Balaban J connectivity index is 2.55. The minimum Gasteiger partial charge on any atom is -0.508 e. The molecule has 6 N–H and O–H groups in total. The van der Waals surface area contributed by atoms with Crippen LogP contribution < -0.4 is 21.3 Å². The fourth-order valence-corrected chi connectivity index (χ4v) is 2.76. The van der Waals surface area contributed by atoms with Crippen molar-refractivity contribution in [2.24, 2.45) is 0 Å².